The number of hydrogen-bond donors (Lipinski definition) is 5. The maximum atomic E-state index is 10.4. The van der Waals surface area contributed by atoms with Crippen LogP contribution in [0.3, 0.4) is 0 Å². The van der Waals surface area contributed by atoms with E-state index < -0.39 is 36.6 Å². The molecule has 1 fully saturated rings. The van der Waals surface area contributed by atoms with Crippen LogP contribution >= 0.6 is 11.8 Å². The number of aliphatic carboxylic acids is 1. The van der Waals surface area contributed by atoms with Crippen molar-refractivity contribution >= 4 is 17.7 Å². The van der Waals surface area contributed by atoms with Gasteiger partial charge in [-0.05, 0) is 12.2 Å². The zero-order chi connectivity index (χ0) is 13.0. The van der Waals surface area contributed by atoms with Crippen molar-refractivity contribution in [3.05, 3.63) is 0 Å². The maximum absolute atomic E-state index is 10.4. The molecule has 0 aromatic carbocycles. The molecule has 0 radical (unpaired) electrons. The summed E-state index contributed by atoms with van der Waals surface area (Å²) in [6.45, 7) is 0. The number of carboxylic acid groups (broad SMARTS) is 1. The van der Waals surface area contributed by atoms with Gasteiger partial charge in [-0.25, -0.2) is 0 Å². The Morgan fingerprint density at radius 3 is 2.47 bits per heavy atom. The molecule has 1 aliphatic heterocycles. The molecule has 5 atom stereocenters. The highest BCUT2D eigenvalue weighted by Gasteiger charge is 2.41. The minimum atomic E-state index is -1.36. The number of ether oxygens (including phenoxy) is 1. The molecule has 1 aliphatic rings. The third-order valence-electron chi connectivity index (χ3n) is 2.51. The Morgan fingerprint density at radius 1 is 1.35 bits per heavy atom. The summed E-state index contributed by atoms with van der Waals surface area (Å²) in [5.74, 6) is -0.179. The molecule has 0 aliphatic carbocycles. The summed E-state index contributed by atoms with van der Waals surface area (Å²) < 4.78 is 4.93. The predicted octanol–water partition coefficient (Wildman–Crippen LogP) is -2.04. The molecular formula is C9H17NO6S. The summed E-state index contributed by atoms with van der Waals surface area (Å²) in [6.07, 6.45) is -4.11. The van der Waals surface area contributed by atoms with Crippen LogP contribution in [-0.4, -0.2) is 68.5 Å². The van der Waals surface area contributed by atoms with Crippen LogP contribution in [0, 0.1) is 0 Å². The monoisotopic (exact) mass is 267 g/mol. The summed E-state index contributed by atoms with van der Waals surface area (Å²) in [4.78, 5) is 10.4. The molecule has 0 aromatic heterocycles. The highest BCUT2D eigenvalue weighted by molar-refractivity contribution is 7.99. The minimum absolute atomic E-state index is 0.313. The van der Waals surface area contributed by atoms with Gasteiger partial charge < -0.3 is 30.9 Å². The van der Waals surface area contributed by atoms with Gasteiger partial charge in [0.05, 0.1) is 6.10 Å². The van der Waals surface area contributed by atoms with E-state index in [0.717, 1.165) is 0 Å². The molecule has 0 amide bonds. The van der Waals surface area contributed by atoms with E-state index >= 15 is 0 Å². The van der Waals surface area contributed by atoms with Crippen molar-refractivity contribution < 1.29 is 30.0 Å². The quantitative estimate of drug-likeness (QED) is 0.348. The summed E-state index contributed by atoms with van der Waals surface area (Å²) in [5.41, 5.74) is 5.31. The fourth-order valence-electron chi connectivity index (χ4n) is 1.40. The molecule has 1 unspecified atom stereocenters. The average molecular weight is 267 g/mol. The molecule has 17 heavy (non-hydrogen) atoms. The SMILES string of the molecule is N[C@@H](CCSC[C@H]1OC(O)[C@H](O)[C@H]1O)C(=O)O. The van der Waals surface area contributed by atoms with Crippen LogP contribution in [0.2, 0.25) is 0 Å². The first kappa shape index (κ1) is 14.7. The van der Waals surface area contributed by atoms with Crippen LogP contribution in [0.4, 0.5) is 0 Å². The van der Waals surface area contributed by atoms with Crippen molar-refractivity contribution in [2.24, 2.45) is 5.73 Å². The van der Waals surface area contributed by atoms with Crippen molar-refractivity contribution in [1.82, 2.24) is 0 Å². The van der Waals surface area contributed by atoms with Crippen LogP contribution in [-0.2, 0) is 9.53 Å². The second kappa shape index (κ2) is 6.53. The number of carboxylic acids is 1. The van der Waals surface area contributed by atoms with Crippen LogP contribution in [0.15, 0.2) is 0 Å². The Morgan fingerprint density at radius 2 is 2.00 bits per heavy atom. The topological polar surface area (TPSA) is 133 Å². The lowest BCUT2D eigenvalue weighted by Crippen LogP contribution is -2.33. The van der Waals surface area contributed by atoms with E-state index in [2.05, 4.69) is 0 Å². The molecule has 1 rings (SSSR count). The van der Waals surface area contributed by atoms with Crippen LogP contribution in [0.25, 0.3) is 0 Å². The largest absolute Gasteiger partial charge is 0.480 e. The molecule has 0 bridgehead atoms. The highest BCUT2D eigenvalue weighted by Crippen LogP contribution is 2.23. The first-order chi connectivity index (χ1) is 7.93. The van der Waals surface area contributed by atoms with Crippen LogP contribution in [0.1, 0.15) is 6.42 Å². The Labute approximate surface area is 103 Å². The molecular weight excluding hydrogens is 250 g/mol. The van der Waals surface area contributed by atoms with E-state index in [1.165, 1.54) is 11.8 Å². The van der Waals surface area contributed by atoms with Gasteiger partial charge in [-0.3, -0.25) is 4.79 Å². The van der Waals surface area contributed by atoms with E-state index in [-0.39, 0.29) is 0 Å². The van der Waals surface area contributed by atoms with Crippen molar-refractivity contribution in [3.8, 4) is 0 Å². The number of thioether (sulfide) groups is 1. The zero-order valence-electron chi connectivity index (χ0n) is 9.10. The van der Waals surface area contributed by atoms with Gasteiger partial charge in [0.2, 0.25) is 0 Å². The van der Waals surface area contributed by atoms with E-state index in [1.807, 2.05) is 0 Å². The molecule has 0 spiro atoms. The lowest BCUT2D eigenvalue weighted by Gasteiger charge is -2.14. The van der Waals surface area contributed by atoms with Gasteiger partial charge in [-0.15, -0.1) is 0 Å². The average Bonchev–Trinajstić information content (AvgIpc) is 2.52. The number of nitrogens with two attached hydrogens (primary N) is 1. The van der Waals surface area contributed by atoms with Gasteiger partial charge in [0.15, 0.2) is 6.29 Å². The van der Waals surface area contributed by atoms with Gasteiger partial charge in [0.25, 0.3) is 0 Å². The van der Waals surface area contributed by atoms with E-state index in [9.17, 15) is 15.0 Å². The van der Waals surface area contributed by atoms with Gasteiger partial charge in [-0.1, -0.05) is 0 Å². The van der Waals surface area contributed by atoms with Crippen LogP contribution < -0.4 is 5.73 Å². The summed E-state index contributed by atoms with van der Waals surface area (Å²) >= 11 is 1.35. The Kier molecular flexibility index (Phi) is 5.63. The number of aliphatic hydroxyl groups is 3. The minimum Gasteiger partial charge on any atom is -0.480 e. The predicted molar refractivity (Wildman–Crippen MR) is 60.4 cm³/mol. The number of hydrogen-bond acceptors (Lipinski definition) is 7. The van der Waals surface area contributed by atoms with Crippen molar-refractivity contribution in [1.29, 1.82) is 0 Å². The second-order valence-electron chi connectivity index (χ2n) is 3.85. The van der Waals surface area contributed by atoms with Crippen molar-refractivity contribution in [3.63, 3.8) is 0 Å². The molecule has 1 heterocycles. The molecule has 8 heteroatoms. The van der Waals surface area contributed by atoms with E-state index in [0.29, 0.717) is 17.9 Å². The number of carbonyl (C=O) groups is 1. The Balaban J connectivity index is 2.17. The van der Waals surface area contributed by atoms with Crippen molar-refractivity contribution in [2.45, 2.75) is 37.1 Å². The van der Waals surface area contributed by atoms with Gasteiger partial charge in [-0.2, -0.15) is 11.8 Å². The molecule has 1 saturated heterocycles. The fourth-order valence-corrected chi connectivity index (χ4v) is 2.50. The molecule has 7 nitrogen and oxygen atoms in total. The summed E-state index contributed by atoms with van der Waals surface area (Å²) in [6, 6.07) is -0.895. The Hall–Kier alpha value is -0.380. The number of rotatable bonds is 6. The van der Waals surface area contributed by atoms with E-state index in [4.69, 9.17) is 20.7 Å². The fraction of sp³-hybridized carbons (Fsp3) is 0.889. The standard InChI is InChI=1S/C9H17NO6S/c10-4(8(13)14)1-2-17-3-5-6(11)7(12)9(15)16-5/h4-7,9,11-12,15H,1-3,10H2,(H,13,14)/t4-,5+,6-,7+,9?/m0/s1. The summed E-state index contributed by atoms with van der Waals surface area (Å²) in [7, 11) is 0. The third-order valence-corrected chi connectivity index (χ3v) is 3.60. The zero-order valence-corrected chi connectivity index (χ0v) is 9.92. The Bertz CT molecular complexity index is 266. The third kappa shape index (κ3) is 4.09. The first-order valence-electron chi connectivity index (χ1n) is 5.19. The molecule has 0 saturated carbocycles. The van der Waals surface area contributed by atoms with Crippen LogP contribution in [0.5, 0.6) is 0 Å². The van der Waals surface area contributed by atoms with E-state index in [1.54, 1.807) is 0 Å². The molecule has 0 aromatic rings. The van der Waals surface area contributed by atoms with Gasteiger partial charge >= 0.3 is 5.97 Å². The normalized spacial score (nSPS) is 34.8. The van der Waals surface area contributed by atoms with Crippen molar-refractivity contribution in [2.75, 3.05) is 11.5 Å². The highest BCUT2D eigenvalue weighted by atomic mass is 32.2. The second-order valence-corrected chi connectivity index (χ2v) is 5.00. The first-order valence-corrected chi connectivity index (χ1v) is 6.34. The van der Waals surface area contributed by atoms with Gasteiger partial charge in [0, 0.05) is 5.75 Å². The molecule has 100 valence electrons. The summed E-state index contributed by atoms with van der Waals surface area (Å²) in [5, 5.41) is 36.3. The van der Waals surface area contributed by atoms with Gasteiger partial charge in [0.1, 0.15) is 18.2 Å². The lowest BCUT2D eigenvalue weighted by molar-refractivity contribution is -0.138. The maximum Gasteiger partial charge on any atom is 0.320 e. The smallest absolute Gasteiger partial charge is 0.320 e. The molecule has 6 N–H and O–H groups in total. The lowest BCUT2D eigenvalue weighted by atomic mass is 10.2. The number of aliphatic hydroxyl groups excluding tert-OH is 3.